The number of para-hydroxylation sites is 1. The minimum absolute atomic E-state index is 0.473. The van der Waals surface area contributed by atoms with Crippen LogP contribution in [0.3, 0.4) is 0 Å². The molecule has 0 aliphatic carbocycles. The summed E-state index contributed by atoms with van der Waals surface area (Å²) in [6.07, 6.45) is 3.44. The number of nitrogens with zero attached hydrogens (tertiary/aromatic N) is 3. The van der Waals surface area contributed by atoms with Crippen molar-refractivity contribution < 1.29 is 4.74 Å². The quantitative estimate of drug-likeness (QED) is 0.925. The van der Waals surface area contributed by atoms with Gasteiger partial charge in [0.2, 0.25) is 5.88 Å². The van der Waals surface area contributed by atoms with E-state index in [1.54, 1.807) is 0 Å². The van der Waals surface area contributed by atoms with Gasteiger partial charge in [-0.25, -0.2) is 4.98 Å². The number of nitrogens with two attached hydrogens (primary N) is 1. The van der Waals surface area contributed by atoms with Crippen molar-refractivity contribution in [2.75, 3.05) is 23.8 Å². The molecule has 104 valence electrons. The smallest absolute Gasteiger partial charge is 0.242 e. The van der Waals surface area contributed by atoms with E-state index < -0.39 is 0 Å². The Kier molecular flexibility index (Phi) is 3.41. The van der Waals surface area contributed by atoms with Crippen LogP contribution in [0.5, 0.6) is 5.88 Å². The van der Waals surface area contributed by atoms with Gasteiger partial charge in [-0.1, -0.05) is 25.1 Å². The number of rotatable bonds is 4. The number of nitrogen functional groups attached to an aromatic ring is 1. The third kappa shape index (κ3) is 2.15. The number of anilines is 3. The molecule has 0 unspecified atom stereocenters. The zero-order valence-electron chi connectivity index (χ0n) is 11.5. The van der Waals surface area contributed by atoms with E-state index in [-0.39, 0.29) is 0 Å². The van der Waals surface area contributed by atoms with E-state index in [2.05, 4.69) is 40.0 Å². The van der Waals surface area contributed by atoms with Crippen molar-refractivity contribution in [3.05, 3.63) is 36.2 Å². The summed E-state index contributed by atoms with van der Waals surface area (Å²) in [5, 5.41) is 0. The summed E-state index contributed by atoms with van der Waals surface area (Å²) < 4.78 is 5.57. The van der Waals surface area contributed by atoms with Gasteiger partial charge in [0.15, 0.2) is 5.82 Å². The Morgan fingerprint density at radius 2 is 2.15 bits per heavy atom. The lowest BCUT2D eigenvalue weighted by Gasteiger charge is -2.20. The molecule has 0 fully saturated rings. The van der Waals surface area contributed by atoms with E-state index in [1.165, 1.54) is 17.6 Å². The van der Waals surface area contributed by atoms with Crippen LogP contribution in [0, 0.1) is 0 Å². The first kappa shape index (κ1) is 12.7. The van der Waals surface area contributed by atoms with E-state index in [0.717, 1.165) is 25.2 Å². The molecule has 5 nitrogen and oxygen atoms in total. The molecule has 5 heteroatoms. The van der Waals surface area contributed by atoms with Gasteiger partial charge >= 0.3 is 0 Å². The van der Waals surface area contributed by atoms with Crippen molar-refractivity contribution in [2.45, 2.75) is 19.8 Å². The molecule has 1 aliphatic rings. The van der Waals surface area contributed by atoms with Crippen LogP contribution >= 0.6 is 0 Å². The topological polar surface area (TPSA) is 64.3 Å². The van der Waals surface area contributed by atoms with E-state index >= 15 is 0 Å². The van der Waals surface area contributed by atoms with Crippen LogP contribution in [0.4, 0.5) is 17.2 Å². The molecule has 2 N–H and O–H groups in total. The van der Waals surface area contributed by atoms with Crippen molar-refractivity contribution in [1.82, 2.24) is 9.97 Å². The molecule has 20 heavy (non-hydrogen) atoms. The highest BCUT2D eigenvalue weighted by Crippen LogP contribution is 2.38. The van der Waals surface area contributed by atoms with E-state index in [0.29, 0.717) is 18.2 Å². The standard InChI is InChI=1S/C15H18N4O/c1-2-9-20-15-13(16)14(17-10-18-15)19-8-7-11-5-3-4-6-12(11)19/h3-6,10H,2,7-9,16H2,1H3. The third-order valence-corrected chi connectivity index (χ3v) is 3.41. The number of ether oxygens (including phenoxy) is 1. The van der Waals surface area contributed by atoms with Crippen LogP contribution < -0.4 is 15.4 Å². The van der Waals surface area contributed by atoms with E-state index in [4.69, 9.17) is 10.5 Å². The number of hydrogen-bond acceptors (Lipinski definition) is 5. The summed E-state index contributed by atoms with van der Waals surface area (Å²) in [5.74, 6) is 1.21. The summed E-state index contributed by atoms with van der Waals surface area (Å²) >= 11 is 0. The fourth-order valence-corrected chi connectivity index (χ4v) is 2.46. The Balaban J connectivity index is 1.96. The minimum Gasteiger partial charge on any atom is -0.476 e. The van der Waals surface area contributed by atoms with Crippen molar-refractivity contribution in [3.63, 3.8) is 0 Å². The molecule has 0 amide bonds. The predicted octanol–water partition coefficient (Wildman–Crippen LogP) is 2.54. The molecule has 0 saturated heterocycles. The summed E-state index contributed by atoms with van der Waals surface area (Å²) in [6.45, 7) is 3.54. The number of benzene rings is 1. The first-order valence-electron chi connectivity index (χ1n) is 6.90. The average Bonchev–Trinajstić information content (AvgIpc) is 2.90. The van der Waals surface area contributed by atoms with Gasteiger partial charge in [-0.2, -0.15) is 4.98 Å². The highest BCUT2D eigenvalue weighted by Gasteiger charge is 2.24. The normalized spacial score (nSPS) is 13.3. The van der Waals surface area contributed by atoms with Crippen LogP contribution in [-0.2, 0) is 6.42 Å². The lowest BCUT2D eigenvalue weighted by Crippen LogP contribution is -2.17. The van der Waals surface area contributed by atoms with Crippen LogP contribution in [0.2, 0.25) is 0 Å². The van der Waals surface area contributed by atoms with Gasteiger partial charge in [-0.15, -0.1) is 0 Å². The maximum Gasteiger partial charge on any atom is 0.242 e. The van der Waals surface area contributed by atoms with E-state index in [1.807, 2.05) is 6.07 Å². The van der Waals surface area contributed by atoms with Crippen LogP contribution in [0.15, 0.2) is 30.6 Å². The number of hydrogen-bond donors (Lipinski definition) is 1. The zero-order valence-corrected chi connectivity index (χ0v) is 11.5. The summed E-state index contributed by atoms with van der Waals surface area (Å²) in [7, 11) is 0. The van der Waals surface area contributed by atoms with Crippen LogP contribution in [0.25, 0.3) is 0 Å². The molecule has 1 aromatic heterocycles. The zero-order chi connectivity index (χ0) is 13.9. The lowest BCUT2D eigenvalue weighted by molar-refractivity contribution is 0.306. The highest BCUT2D eigenvalue weighted by atomic mass is 16.5. The molecular weight excluding hydrogens is 252 g/mol. The van der Waals surface area contributed by atoms with Crippen molar-refractivity contribution in [3.8, 4) is 5.88 Å². The largest absolute Gasteiger partial charge is 0.476 e. The molecule has 1 aromatic carbocycles. The lowest BCUT2D eigenvalue weighted by atomic mass is 10.2. The summed E-state index contributed by atoms with van der Waals surface area (Å²) in [5.41, 5.74) is 9.17. The Morgan fingerprint density at radius 3 is 3.00 bits per heavy atom. The van der Waals surface area contributed by atoms with Gasteiger partial charge in [0, 0.05) is 12.2 Å². The summed E-state index contributed by atoms with van der Waals surface area (Å²) in [4.78, 5) is 10.6. The van der Waals surface area contributed by atoms with Gasteiger partial charge in [-0.3, -0.25) is 0 Å². The number of fused-ring (bicyclic) bond motifs is 1. The first-order valence-corrected chi connectivity index (χ1v) is 6.90. The maximum atomic E-state index is 6.17. The minimum atomic E-state index is 0.473. The molecule has 0 radical (unpaired) electrons. The first-order chi connectivity index (χ1) is 9.81. The predicted molar refractivity (Wildman–Crippen MR) is 79.4 cm³/mol. The van der Waals surface area contributed by atoms with Gasteiger partial charge in [0.1, 0.15) is 12.0 Å². The van der Waals surface area contributed by atoms with E-state index in [9.17, 15) is 0 Å². The molecule has 2 aromatic rings. The fraction of sp³-hybridized carbons (Fsp3) is 0.333. The maximum absolute atomic E-state index is 6.17. The Labute approximate surface area is 118 Å². The van der Waals surface area contributed by atoms with Crippen molar-refractivity contribution in [1.29, 1.82) is 0 Å². The average molecular weight is 270 g/mol. The molecule has 0 bridgehead atoms. The molecular formula is C15H18N4O. The summed E-state index contributed by atoms with van der Waals surface area (Å²) in [6, 6.07) is 8.32. The molecule has 0 spiro atoms. The fourth-order valence-electron chi connectivity index (χ4n) is 2.46. The van der Waals surface area contributed by atoms with Crippen LogP contribution in [-0.4, -0.2) is 23.1 Å². The van der Waals surface area contributed by atoms with Gasteiger partial charge in [-0.05, 0) is 24.5 Å². The monoisotopic (exact) mass is 270 g/mol. The highest BCUT2D eigenvalue weighted by molar-refractivity contribution is 5.77. The molecule has 3 rings (SSSR count). The Morgan fingerprint density at radius 1 is 1.30 bits per heavy atom. The van der Waals surface area contributed by atoms with Gasteiger partial charge in [0.25, 0.3) is 0 Å². The van der Waals surface area contributed by atoms with Crippen molar-refractivity contribution in [2.24, 2.45) is 0 Å². The number of aromatic nitrogens is 2. The molecule has 0 atom stereocenters. The second kappa shape index (κ2) is 5.36. The SMILES string of the molecule is CCCOc1ncnc(N2CCc3ccccc32)c1N. The van der Waals surface area contributed by atoms with Crippen LogP contribution in [0.1, 0.15) is 18.9 Å². The molecule has 2 heterocycles. The third-order valence-electron chi connectivity index (χ3n) is 3.41. The van der Waals surface area contributed by atoms with Crippen molar-refractivity contribution >= 4 is 17.2 Å². The Bertz CT molecular complexity index is 615. The van der Waals surface area contributed by atoms with Gasteiger partial charge < -0.3 is 15.4 Å². The molecule has 0 saturated carbocycles. The Hall–Kier alpha value is -2.30. The second-order valence-corrected chi connectivity index (χ2v) is 4.79. The second-order valence-electron chi connectivity index (χ2n) is 4.79. The molecule has 1 aliphatic heterocycles. The van der Waals surface area contributed by atoms with Gasteiger partial charge in [0.05, 0.1) is 6.61 Å².